The van der Waals surface area contributed by atoms with E-state index < -0.39 is 0 Å². The third-order valence-electron chi connectivity index (χ3n) is 3.27. The van der Waals surface area contributed by atoms with E-state index in [1.165, 1.54) is 11.3 Å². The molecule has 0 atom stereocenters. The fraction of sp³-hybridized carbons (Fsp3) is 0.438. The molecule has 108 valence electrons. The smallest absolute Gasteiger partial charge is 0.207 e. The van der Waals surface area contributed by atoms with Crippen LogP contribution in [0.3, 0.4) is 0 Å². The van der Waals surface area contributed by atoms with Crippen LogP contribution in [-0.2, 0) is 11.2 Å². The van der Waals surface area contributed by atoms with Crippen molar-refractivity contribution in [2.24, 2.45) is 0 Å². The van der Waals surface area contributed by atoms with Gasteiger partial charge in [0.2, 0.25) is 5.95 Å². The van der Waals surface area contributed by atoms with Gasteiger partial charge in [0.1, 0.15) is 0 Å². The number of ether oxygens (including phenoxy) is 1. The van der Waals surface area contributed by atoms with Gasteiger partial charge in [0.05, 0.1) is 11.4 Å². The van der Waals surface area contributed by atoms with Crippen LogP contribution in [0.5, 0.6) is 0 Å². The molecule has 0 aliphatic carbocycles. The largest absolute Gasteiger partial charge is 0.385 e. The Morgan fingerprint density at radius 2 is 2.10 bits per heavy atom. The predicted molar refractivity (Wildman–Crippen MR) is 82.7 cm³/mol. The van der Waals surface area contributed by atoms with Crippen molar-refractivity contribution in [3.63, 3.8) is 0 Å². The van der Waals surface area contributed by atoms with Crippen molar-refractivity contribution in [1.82, 2.24) is 9.55 Å². The Kier molecular flexibility index (Phi) is 5.18. The van der Waals surface area contributed by atoms with Crippen molar-refractivity contribution in [3.05, 3.63) is 41.7 Å². The maximum atomic E-state index is 5.07. The molecule has 0 fully saturated rings. The third-order valence-corrected chi connectivity index (χ3v) is 3.27. The molecule has 0 radical (unpaired) electrons. The van der Waals surface area contributed by atoms with E-state index in [9.17, 15) is 0 Å². The minimum Gasteiger partial charge on any atom is -0.385 e. The van der Waals surface area contributed by atoms with E-state index in [-0.39, 0.29) is 0 Å². The van der Waals surface area contributed by atoms with Gasteiger partial charge in [0.25, 0.3) is 0 Å². The molecular formula is C16H23N3O. The van der Waals surface area contributed by atoms with Gasteiger partial charge in [-0.1, -0.05) is 25.1 Å². The molecule has 0 spiro atoms. The number of rotatable bonds is 7. The fourth-order valence-electron chi connectivity index (χ4n) is 2.27. The van der Waals surface area contributed by atoms with Crippen LogP contribution in [0.1, 0.15) is 24.6 Å². The average molecular weight is 273 g/mol. The molecule has 4 heteroatoms. The second kappa shape index (κ2) is 7.10. The first-order valence-corrected chi connectivity index (χ1v) is 7.13. The first-order chi connectivity index (χ1) is 9.76. The van der Waals surface area contributed by atoms with Crippen molar-refractivity contribution in [2.75, 3.05) is 25.6 Å². The van der Waals surface area contributed by atoms with E-state index in [2.05, 4.69) is 52.3 Å². The van der Waals surface area contributed by atoms with E-state index in [1.54, 1.807) is 7.11 Å². The topological polar surface area (TPSA) is 39.1 Å². The maximum absolute atomic E-state index is 5.07. The molecule has 2 aromatic rings. The number of methoxy groups -OCH3 is 1. The molecule has 1 N–H and O–H groups in total. The number of hydrogen-bond donors (Lipinski definition) is 1. The molecule has 0 unspecified atom stereocenters. The molecule has 0 aliphatic rings. The normalized spacial score (nSPS) is 10.8. The molecule has 0 saturated heterocycles. The molecule has 1 aromatic carbocycles. The van der Waals surface area contributed by atoms with Gasteiger partial charge < -0.3 is 10.1 Å². The Bertz CT molecular complexity index is 548. The fourth-order valence-corrected chi connectivity index (χ4v) is 2.27. The molecule has 1 heterocycles. The van der Waals surface area contributed by atoms with Crippen LogP contribution in [0.25, 0.3) is 5.69 Å². The number of nitrogens with zero attached hydrogens (tertiary/aromatic N) is 2. The summed E-state index contributed by atoms with van der Waals surface area (Å²) in [6.07, 6.45) is 4.06. The van der Waals surface area contributed by atoms with Gasteiger partial charge in [0, 0.05) is 26.5 Å². The summed E-state index contributed by atoms with van der Waals surface area (Å²) >= 11 is 0. The summed E-state index contributed by atoms with van der Waals surface area (Å²) in [5.74, 6) is 0.902. The second-order valence-electron chi connectivity index (χ2n) is 4.83. The van der Waals surface area contributed by atoms with Crippen LogP contribution in [0, 0.1) is 6.92 Å². The summed E-state index contributed by atoms with van der Waals surface area (Å²) in [7, 11) is 1.72. The molecule has 20 heavy (non-hydrogen) atoms. The van der Waals surface area contributed by atoms with Gasteiger partial charge in [-0.05, 0) is 31.4 Å². The lowest BCUT2D eigenvalue weighted by molar-refractivity contribution is 0.197. The Hall–Kier alpha value is -1.81. The lowest BCUT2D eigenvalue weighted by Crippen LogP contribution is -2.10. The zero-order valence-corrected chi connectivity index (χ0v) is 12.5. The monoisotopic (exact) mass is 273 g/mol. The van der Waals surface area contributed by atoms with Gasteiger partial charge in [0.15, 0.2) is 0 Å². The number of aromatic nitrogens is 2. The van der Waals surface area contributed by atoms with Crippen LogP contribution in [0.4, 0.5) is 5.95 Å². The molecule has 0 saturated carbocycles. The molecule has 0 bridgehead atoms. The van der Waals surface area contributed by atoms with Gasteiger partial charge in [-0.25, -0.2) is 4.98 Å². The molecule has 0 aliphatic heterocycles. The first-order valence-electron chi connectivity index (χ1n) is 7.13. The molecule has 2 rings (SSSR count). The number of aryl methyl sites for hydroxylation is 2. The van der Waals surface area contributed by atoms with Gasteiger partial charge in [-0.3, -0.25) is 4.57 Å². The minimum absolute atomic E-state index is 0.762. The molecule has 4 nitrogen and oxygen atoms in total. The number of imidazole rings is 1. The summed E-state index contributed by atoms with van der Waals surface area (Å²) in [6.45, 7) is 5.82. The highest BCUT2D eigenvalue weighted by atomic mass is 16.5. The van der Waals surface area contributed by atoms with E-state index in [0.29, 0.717) is 0 Å². The summed E-state index contributed by atoms with van der Waals surface area (Å²) in [4.78, 5) is 4.57. The maximum Gasteiger partial charge on any atom is 0.207 e. The lowest BCUT2D eigenvalue weighted by atomic mass is 10.1. The van der Waals surface area contributed by atoms with Gasteiger partial charge in [-0.2, -0.15) is 0 Å². The second-order valence-corrected chi connectivity index (χ2v) is 4.83. The standard InChI is InChI=1S/C16H23N3O/c1-4-14-8-5-6-9-15(14)19-12-13(2)18-16(19)17-10-7-11-20-3/h5-6,8-9,12H,4,7,10-11H2,1-3H3,(H,17,18). The number of benzene rings is 1. The lowest BCUT2D eigenvalue weighted by Gasteiger charge is -2.13. The van der Waals surface area contributed by atoms with Crippen molar-refractivity contribution >= 4 is 5.95 Å². The Morgan fingerprint density at radius 3 is 2.85 bits per heavy atom. The summed E-state index contributed by atoms with van der Waals surface area (Å²) < 4.78 is 7.21. The molecule has 1 aromatic heterocycles. The van der Waals surface area contributed by atoms with E-state index in [0.717, 1.165) is 37.6 Å². The first kappa shape index (κ1) is 14.6. The van der Waals surface area contributed by atoms with Gasteiger partial charge in [-0.15, -0.1) is 0 Å². The zero-order chi connectivity index (χ0) is 14.4. The summed E-state index contributed by atoms with van der Waals surface area (Å²) in [5.41, 5.74) is 3.54. The quantitative estimate of drug-likeness (QED) is 0.787. The van der Waals surface area contributed by atoms with Crippen molar-refractivity contribution in [1.29, 1.82) is 0 Å². The average Bonchev–Trinajstić information content (AvgIpc) is 2.84. The Morgan fingerprint density at radius 1 is 1.30 bits per heavy atom. The highest BCUT2D eigenvalue weighted by Gasteiger charge is 2.09. The number of nitrogens with one attached hydrogen (secondary N) is 1. The number of anilines is 1. The van der Waals surface area contributed by atoms with Crippen LogP contribution >= 0.6 is 0 Å². The molecule has 0 amide bonds. The van der Waals surface area contributed by atoms with Crippen LogP contribution < -0.4 is 5.32 Å². The highest BCUT2D eigenvalue weighted by Crippen LogP contribution is 2.20. The number of hydrogen-bond acceptors (Lipinski definition) is 3. The Labute approximate surface area is 120 Å². The minimum atomic E-state index is 0.762. The van der Waals surface area contributed by atoms with Gasteiger partial charge >= 0.3 is 0 Å². The van der Waals surface area contributed by atoms with Crippen LogP contribution in [-0.4, -0.2) is 29.8 Å². The summed E-state index contributed by atoms with van der Waals surface area (Å²) in [6, 6.07) is 8.45. The van der Waals surface area contributed by atoms with E-state index in [4.69, 9.17) is 4.74 Å². The van der Waals surface area contributed by atoms with Crippen molar-refractivity contribution < 1.29 is 4.74 Å². The zero-order valence-electron chi connectivity index (χ0n) is 12.5. The van der Waals surface area contributed by atoms with Crippen molar-refractivity contribution in [3.8, 4) is 5.69 Å². The third kappa shape index (κ3) is 3.39. The van der Waals surface area contributed by atoms with Crippen molar-refractivity contribution in [2.45, 2.75) is 26.7 Å². The van der Waals surface area contributed by atoms with E-state index in [1.807, 2.05) is 6.92 Å². The summed E-state index contributed by atoms with van der Waals surface area (Å²) in [5, 5.41) is 3.39. The van der Waals surface area contributed by atoms with Crippen LogP contribution in [0.2, 0.25) is 0 Å². The predicted octanol–water partition coefficient (Wildman–Crippen LogP) is 3.19. The number of para-hydroxylation sites is 1. The Balaban J connectivity index is 2.22. The molecular weight excluding hydrogens is 250 g/mol. The van der Waals surface area contributed by atoms with Crippen LogP contribution in [0.15, 0.2) is 30.5 Å². The highest BCUT2D eigenvalue weighted by molar-refractivity contribution is 5.48. The SMILES string of the molecule is CCc1ccccc1-n1cc(C)nc1NCCCOC. The van der Waals surface area contributed by atoms with E-state index >= 15 is 0 Å².